The first-order valence-corrected chi connectivity index (χ1v) is 8.15. The average molecular weight is 363 g/mol. The van der Waals surface area contributed by atoms with E-state index in [1.807, 2.05) is 48.5 Å². The van der Waals surface area contributed by atoms with Crippen LogP contribution < -0.4 is 16.7 Å². The number of hydrazone groups is 1. The molecule has 0 atom stereocenters. The smallest absolute Gasteiger partial charge is 0.159 e. The maximum atomic E-state index is 14.1. The van der Waals surface area contributed by atoms with Crippen LogP contribution in [0.3, 0.4) is 0 Å². The summed E-state index contributed by atoms with van der Waals surface area (Å²) in [5, 5.41) is 19.1. The summed E-state index contributed by atoms with van der Waals surface area (Å²) < 4.78 is 14.1. The van der Waals surface area contributed by atoms with Crippen molar-refractivity contribution >= 4 is 17.7 Å². The molecular formula is C20H18FN5O. The van der Waals surface area contributed by atoms with E-state index in [1.165, 1.54) is 12.3 Å². The minimum atomic E-state index is -0.410. The summed E-state index contributed by atoms with van der Waals surface area (Å²) in [4.78, 5) is 0. The average Bonchev–Trinajstić information content (AvgIpc) is 2.70. The summed E-state index contributed by atoms with van der Waals surface area (Å²) in [6.07, 6.45) is 1.36. The third-order valence-electron chi connectivity index (χ3n) is 3.93. The predicted octanol–water partition coefficient (Wildman–Crippen LogP) is 3.54. The number of para-hydroxylation sites is 1. The summed E-state index contributed by atoms with van der Waals surface area (Å²) in [7, 11) is 0. The summed E-state index contributed by atoms with van der Waals surface area (Å²) >= 11 is 0. The summed E-state index contributed by atoms with van der Waals surface area (Å²) in [5.74, 6) is 5.33. The van der Waals surface area contributed by atoms with Crippen LogP contribution in [0.1, 0.15) is 11.1 Å². The van der Waals surface area contributed by atoms with Gasteiger partial charge in [-0.1, -0.05) is 65.8 Å². The van der Waals surface area contributed by atoms with Gasteiger partial charge in [0, 0.05) is 11.1 Å². The molecule has 0 radical (unpaired) electrons. The standard InChI is InChI=1S/C20H18FN5O/c21-18-11-5-6-12-19(18)24-20(25-26-22)17-10-4-3-9-16(17)15-8-2-1-7-14(15)13-23-27/h1-13,26-27H,22H2,(H,24,25)/b23-13+. The maximum absolute atomic E-state index is 14.1. The molecule has 136 valence electrons. The molecule has 0 unspecified atom stereocenters. The van der Waals surface area contributed by atoms with E-state index < -0.39 is 5.82 Å². The molecule has 0 fully saturated rings. The SMILES string of the molecule is NN/N=C(\Nc1ccccc1F)c1ccccc1-c1ccccc1/C=N/O. The van der Waals surface area contributed by atoms with Crippen molar-refractivity contribution in [1.82, 2.24) is 5.53 Å². The highest BCUT2D eigenvalue weighted by Crippen LogP contribution is 2.27. The molecule has 0 aliphatic heterocycles. The second-order valence-corrected chi connectivity index (χ2v) is 5.57. The number of hydrogen-bond acceptors (Lipinski definition) is 5. The first-order valence-electron chi connectivity index (χ1n) is 8.15. The summed E-state index contributed by atoms with van der Waals surface area (Å²) in [6, 6.07) is 21.2. The van der Waals surface area contributed by atoms with E-state index in [-0.39, 0.29) is 5.69 Å². The number of amidine groups is 1. The molecule has 3 rings (SSSR count). The van der Waals surface area contributed by atoms with Crippen LogP contribution in [0.4, 0.5) is 10.1 Å². The van der Waals surface area contributed by atoms with Gasteiger partial charge in [-0.05, 0) is 23.3 Å². The fourth-order valence-corrected chi connectivity index (χ4v) is 2.75. The summed E-state index contributed by atoms with van der Waals surface area (Å²) in [6.45, 7) is 0. The third-order valence-corrected chi connectivity index (χ3v) is 3.93. The van der Waals surface area contributed by atoms with Gasteiger partial charge in [0.25, 0.3) is 0 Å². The van der Waals surface area contributed by atoms with Crippen LogP contribution in [-0.4, -0.2) is 17.3 Å². The van der Waals surface area contributed by atoms with Crippen LogP contribution in [-0.2, 0) is 0 Å². The highest BCUT2D eigenvalue weighted by molar-refractivity contribution is 6.13. The number of rotatable bonds is 5. The molecular weight excluding hydrogens is 345 g/mol. The molecule has 3 aromatic carbocycles. The lowest BCUT2D eigenvalue weighted by molar-refractivity contribution is 0.322. The first kappa shape index (κ1) is 18.1. The maximum Gasteiger partial charge on any atom is 0.159 e. The fraction of sp³-hybridized carbons (Fsp3) is 0. The molecule has 6 nitrogen and oxygen atoms in total. The Morgan fingerprint density at radius 2 is 1.59 bits per heavy atom. The van der Waals surface area contributed by atoms with Crippen molar-refractivity contribution in [2.75, 3.05) is 5.32 Å². The lowest BCUT2D eigenvalue weighted by Gasteiger charge is -2.15. The number of hydrogen-bond donors (Lipinski definition) is 4. The molecule has 0 aliphatic rings. The number of hydrazine groups is 1. The molecule has 0 saturated heterocycles. The van der Waals surface area contributed by atoms with Crippen molar-refractivity contribution < 1.29 is 9.60 Å². The van der Waals surface area contributed by atoms with Gasteiger partial charge in [-0.25, -0.2) is 15.8 Å². The van der Waals surface area contributed by atoms with E-state index in [0.717, 1.165) is 16.7 Å². The largest absolute Gasteiger partial charge is 0.411 e. The van der Waals surface area contributed by atoms with Gasteiger partial charge in [0.2, 0.25) is 0 Å². The topological polar surface area (TPSA) is 95.0 Å². The molecule has 0 aromatic heterocycles. The van der Waals surface area contributed by atoms with Crippen molar-refractivity contribution in [3.63, 3.8) is 0 Å². The van der Waals surface area contributed by atoms with Gasteiger partial charge in [-0.3, -0.25) is 0 Å². The molecule has 0 aliphatic carbocycles. The Labute approximate surface area is 155 Å². The monoisotopic (exact) mass is 363 g/mol. The zero-order chi connectivity index (χ0) is 19.1. The normalized spacial score (nSPS) is 11.6. The Hall–Kier alpha value is -3.71. The van der Waals surface area contributed by atoms with Crippen molar-refractivity contribution in [2.24, 2.45) is 16.1 Å². The van der Waals surface area contributed by atoms with Gasteiger partial charge >= 0.3 is 0 Å². The van der Waals surface area contributed by atoms with E-state index >= 15 is 0 Å². The number of nitrogens with one attached hydrogen (secondary N) is 2. The molecule has 27 heavy (non-hydrogen) atoms. The van der Waals surface area contributed by atoms with Gasteiger partial charge in [0.05, 0.1) is 11.9 Å². The van der Waals surface area contributed by atoms with Crippen molar-refractivity contribution in [1.29, 1.82) is 0 Å². The van der Waals surface area contributed by atoms with Crippen molar-refractivity contribution in [3.8, 4) is 11.1 Å². The van der Waals surface area contributed by atoms with Crippen LogP contribution in [0.2, 0.25) is 0 Å². The summed E-state index contributed by atoms with van der Waals surface area (Å²) in [5.41, 5.74) is 5.58. The number of nitrogens with zero attached hydrogens (tertiary/aromatic N) is 2. The van der Waals surface area contributed by atoms with E-state index in [1.54, 1.807) is 18.2 Å². The van der Waals surface area contributed by atoms with Gasteiger partial charge in [0.15, 0.2) is 5.84 Å². The number of halogens is 1. The number of oxime groups is 1. The van der Waals surface area contributed by atoms with E-state index in [2.05, 4.69) is 21.1 Å². The number of nitrogens with two attached hydrogens (primary N) is 1. The van der Waals surface area contributed by atoms with Crippen LogP contribution >= 0.6 is 0 Å². The predicted molar refractivity (Wildman–Crippen MR) is 105 cm³/mol. The van der Waals surface area contributed by atoms with Crippen LogP contribution in [0, 0.1) is 5.82 Å². The Morgan fingerprint density at radius 3 is 2.33 bits per heavy atom. The molecule has 0 bridgehead atoms. The highest BCUT2D eigenvalue weighted by Gasteiger charge is 2.14. The molecule has 7 heteroatoms. The van der Waals surface area contributed by atoms with Crippen LogP contribution in [0.5, 0.6) is 0 Å². The van der Waals surface area contributed by atoms with Gasteiger partial charge in [-0.2, -0.15) is 0 Å². The molecule has 0 spiro atoms. The molecule has 0 saturated carbocycles. The molecule has 5 N–H and O–H groups in total. The highest BCUT2D eigenvalue weighted by atomic mass is 19.1. The van der Waals surface area contributed by atoms with Crippen molar-refractivity contribution in [3.05, 3.63) is 89.7 Å². The minimum Gasteiger partial charge on any atom is -0.411 e. The Balaban J connectivity index is 2.11. The molecule has 0 amide bonds. The second kappa shape index (κ2) is 8.59. The first-order chi connectivity index (χ1) is 13.2. The van der Waals surface area contributed by atoms with Crippen LogP contribution in [0.15, 0.2) is 83.1 Å². The zero-order valence-corrected chi connectivity index (χ0v) is 14.3. The van der Waals surface area contributed by atoms with E-state index in [4.69, 9.17) is 11.0 Å². The van der Waals surface area contributed by atoms with E-state index in [0.29, 0.717) is 11.4 Å². The quantitative estimate of drug-likeness (QED) is 0.183. The zero-order valence-electron chi connectivity index (χ0n) is 14.3. The fourth-order valence-electron chi connectivity index (χ4n) is 2.75. The van der Waals surface area contributed by atoms with Gasteiger partial charge in [0.1, 0.15) is 5.82 Å². The Bertz CT molecular complexity index is 987. The minimum absolute atomic E-state index is 0.270. The van der Waals surface area contributed by atoms with Gasteiger partial charge in [-0.15, -0.1) is 5.10 Å². The lowest BCUT2D eigenvalue weighted by Crippen LogP contribution is -2.23. The Morgan fingerprint density at radius 1 is 0.926 bits per heavy atom. The van der Waals surface area contributed by atoms with Crippen LogP contribution in [0.25, 0.3) is 11.1 Å². The Kier molecular flexibility index (Phi) is 5.76. The van der Waals surface area contributed by atoms with Gasteiger partial charge < -0.3 is 10.5 Å². The second-order valence-electron chi connectivity index (χ2n) is 5.57. The van der Waals surface area contributed by atoms with Crippen molar-refractivity contribution in [2.45, 2.75) is 0 Å². The number of benzene rings is 3. The third kappa shape index (κ3) is 4.10. The number of anilines is 1. The molecule has 0 heterocycles. The molecule has 3 aromatic rings. The lowest BCUT2D eigenvalue weighted by atomic mass is 9.95. The van der Waals surface area contributed by atoms with E-state index in [9.17, 15) is 4.39 Å².